The number of benzene rings is 2. The normalized spacial score (nSPS) is 12.8. The standard InChI is InChI=1S/C17H16ClFN2/c1-10-4-6-13(7-5-10)21-16-8-11(2)14(19)9-15(16)20-17(21)12(3)18/h4-9,12H,1-3H3. The van der Waals surface area contributed by atoms with Gasteiger partial charge in [0.1, 0.15) is 11.6 Å². The van der Waals surface area contributed by atoms with Gasteiger partial charge in [0, 0.05) is 11.8 Å². The van der Waals surface area contributed by atoms with Gasteiger partial charge in [-0.1, -0.05) is 17.7 Å². The highest BCUT2D eigenvalue weighted by Gasteiger charge is 2.17. The minimum Gasteiger partial charge on any atom is -0.295 e. The van der Waals surface area contributed by atoms with Gasteiger partial charge < -0.3 is 0 Å². The van der Waals surface area contributed by atoms with Crippen molar-refractivity contribution in [2.45, 2.75) is 26.1 Å². The maximum absolute atomic E-state index is 13.8. The fourth-order valence-electron chi connectivity index (χ4n) is 2.45. The highest BCUT2D eigenvalue weighted by molar-refractivity contribution is 6.20. The number of fused-ring (bicyclic) bond motifs is 1. The largest absolute Gasteiger partial charge is 0.295 e. The molecule has 3 rings (SSSR count). The summed E-state index contributed by atoms with van der Waals surface area (Å²) >= 11 is 6.26. The fourth-order valence-corrected chi connectivity index (χ4v) is 2.60. The molecule has 0 radical (unpaired) electrons. The maximum atomic E-state index is 13.8. The van der Waals surface area contributed by atoms with Crippen LogP contribution in [0.1, 0.15) is 29.3 Å². The number of imidazole rings is 1. The highest BCUT2D eigenvalue weighted by atomic mass is 35.5. The van der Waals surface area contributed by atoms with Crippen LogP contribution in [0, 0.1) is 19.7 Å². The molecule has 21 heavy (non-hydrogen) atoms. The van der Waals surface area contributed by atoms with Crippen LogP contribution in [0.2, 0.25) is 0 Å². The van der Waals surface area contributed by atoms with Gasteiger partial charge in [0.15, 0.2) is 0 Å². The number of aryl methyl sites for hydroxylation is 2. The Morgan fingerprint density at radius 2 is 1.81 bits per heavy atom. The summed E-state index contributed by atoms with van der Waals surface area (Å²) in [7, 11) is 0. The molecule has 0 bridgehead atoms. The first-order valence-corrected chi connectivity index (χ1v) is 7.30. The number of halogens is 2. The van der Waals surface area contributed by atoms with Gasteiger partial charge in [0.25, 0.3) is 0 Å². The molecule has 0 saturated carbocycles. The van der Waals surface area contributed by atoms with Gasteiger partial charge in [-0.15, -0.1) is 11.6 Å². The zero-order valence-corrected chi connectivity index (χ0v) is 12.9. The maximum Gasteiger partial charge on any atom is 0.132 e. The molecule has 4 heteroatoms. The van der Waals surface area contributed by atoms with Crippen molar-refractivity contribution in [1.29, 1.82) is 0 Å². The van der Waals surface area contributed by atoms with Gasteiger partial charge in [-0.3, -0.25) is 4.57 Å². The highest BCUT2D eigenvalue weighted by Crippen LogP contribution is 2.29. The smallest absolute Gasteiger partial charge is 0.132 e. The molecule has 1 atom stereocenters. The Kier molecular flexibility index (Phi) is 3.46. The minimum absolute atomic E-state index is 0.246. The summed E-state index contributed by atoms with van der Waals surface area (Å²) in [5.41, 5.74) is 4.27. The van der Waals surface area contributed by atoms with Crippen molar-refractivity contribution in [1.82, 2.24) is 9.55 Å². The van der Waals surface area contributed by atoms with E-state index in [0.29, 0.717) is 11.1 Å². The van der Waals surface area contributed by atoms with Gasteiger partial charge in [0.2, 0.25) is 0 Å². The summed E-state index contributed by atoms with van der Waals surface area (Å²) in [6.45, 7) is 5.67. The molecule has 108 valence electrons. The number of nitrogens with zero attached hydrogens (tertiary/aromatic N) is 2. The van der Waals surface area contributed by atoms with Crippen molar-refractivity contribution in [3.05, 3.63) is 59.2 Å². The second-order valence-corrected chi connectivity index (χ2v) is 6.00. The quantitative estimate of drug-likeness (QED) is 0.604. The van der Waals surface area contributed by atoms with E-state index in [-0.39, 0.29) is 11.2 Å². The van der Waals surface area contributed by atoms with Gasteiger partial charge in [-0.2, -0.15) is 0 Å². The van der Waals surface area contributed by atoms with Crippen LogP contribution in [0.15, 0.2) is 36.4 Å². The third-order valence-corrected chi connectivity index (χ3v) is 3.80. The molecule has 0 spiro atoms. The lowest BCUT2D eigenvalue weighted by Crippen LogP contribution is -2.02. The summed E-state index contributed by atoms with van der Waals surface area (Å²) in [4.78, 5) is 4.50. The third kappa shape index (κ3) is 2.42. The molecular weight excluding hydrogens is 287 g/mol. The van der Waals surface area contributed by atoms with Crippen molar-refractivity contribution in [3.8, 4) is 5.69 Å². The number of hydrogen-bond acceptors (Lipinski definition) is 1. The van der Waals surface area contributed by atoms with Crippen LogP contribution in [0.3, 0.4) is 0 Å². The Bertz CT molecular complexity index is 804. The van der Waals surface area contributed by atoms with Crippen LogP contribution in [0.4, 0.5) is 4.39 Å². The summed E-state index contributed by atoms with van der Waals surface area (Å²) in [6.07, 6.45) is 0. The molecule has 1 aromatic heterocycles. The number of alkyl halides is 1. The Morgan fingerprint density at radius 3 is 2.43 bits per heavy atom. The lowest BCUT2D eigenvalue weighted by molar-refractivity contribution is 0.620. The van der Waals surface area contributed by atoms with Crippen LogP contribution < -0.4 is 0 Å². The van der Waals surface area contributed by atoms with Crippen molar-refractivity contribution in [2.75, 3.05) is 0 Å². The first-order chi connectivity index (χ1) is 9.97. The van der Waals surface area contributed by atoms with E-state index < -0.39 is 0 Å². The predicted molar refractivity (Wildman–Crippen MR) is 84.8 cm³/mol. The Labute approximate surface area is 128 Å². The first kappa shape index (κ1) is 14.1. The summed E-state index contributed by atoms with van der Waals surface area (Å²) in [5, 5.41) is -0.262. The van der Waals surface area contributed by atoms with E-state index in [1.807, 2.05) is 48.7 Å². The molecule has 0 amide bonds. The number of hydrogen-bond donors (Lipinski definition) is 0. The van der Waals surface area contributed by atoms with E-state index in [0.717, 1.165) is 17.0 Å². The first-order valence-electron chi connectivity index (χ1n) is 6.87. The molecule has 2 aromatic carbocycles. The number of aromatic nitrogens is 2. The van der Waals surface area contributed by atoms with E-state index in [9.17, 15) is 4.39 Å². The molecule has 0 saturated heterocycles. The van der Waals surface area contributed by atoms with Crippen LogP contribution in [0.5, 0.6) is 0 Å². The third-order valence-electron chi connectivity index (χ3n) is 3.61. The second kappa shape index (κ2) is 5.15. The Morgan fingerprint density at radius 1 is 1.14 bits per heavy atom. The molecule has 1 heterocycles. The van der Waals surface area contributed by atoms with Gasteiger partial charge in [-0.25, -0.2) is 9.37 Å². The molecule has 0 fully saturated rings. The van der Waals surface area contributed by atoms with Gasteiger partial charge in [-0.05, 0) is 44.5 Å². The lowest BCUT2D eigenvalue weighted by atomic mass is 10.2. The molecule has 0 aliphatic carbocycles. The number of rotatable bonds is 2. The molecule has 1 unspecified atom stereocenters. The van der Waals surface area contributed by atoms with E-state index in [1.165, 1.54) is 11.6 Å². The Balaban J connectivity index is 2.35. The van der Waals surface area contributed by atoms with Crippen molar-refractivity contribution in [3.63, 3.8) is 0 Å². The van der Waals surface area contributed by atoms with Crippen molar-refractivity contribution < 1.29 is 4.39 Å². The summed E-state index contributed by atoms with van der Waals surface area (Å²) in [6, 6.07) is 11.4. The molecule has 0 aliphatic rings. The zero-order valence-electron chi connectivity index (χ0n) is 12.2. The molecule has 0 N–H and O–H groups in total. The Hall–Kier alpha value is -1.87. The van der Waals surface area contributed by atoms with Crippen LogP contribution in [-0.4, -0.2) is 9.55 Å². The average molecular weight is 303 g/mol. The molecule has 0 aliphatic heterocycles. The molecule has 3 aromatic rings. The van der Waals surface area contributed by atoms with Gasteiger partial charge >= 0.3 is 0 Å². The summed E-state index contributed by atoms with van der Waals surface area (Å²) in [5.74, 6) is 0.477. The zero-order chi connectivity index (χ0) is 15.1. The minimum atomic E-state index is -0.262. The lowest BCUT2D eigenvalue weighted by Gasteiger charge is -2.11. The van der Waals surface area contributed by atoms with Crippen LogP contribution >= 0.6 is 11.6 Å². The summed E-state index contributed by atoms with van der Waals surface area (Å²) < 4.78 is 15.8. The van der Waals surface area contributed by atoms with Crippen molar-refractivity contribution in [2.24, 2.45) is 0 Å². The van der Waals surface area contributed by atoms with Crippen LogP contribution in [0.25, 0.3) is 16.7 Å². The van der Waals surface area contributed by atoms with E-state index >= 15 is 0 Å². The SMILES string of the molecule is Cc1ccc(-n2c(C(C)Cl)nc3cc(F)c(C)cc32)cc1. The van der Waals surface area contributed by atoms with E-state index in [1.54, 1.807) is 6.92 Å². The topological polar surface area (TPSA) is 17.8 Å². The molecular formula is C17H16ClFN2. The second-order valence-electron chi connectivity index (χ2n) is 5.35. The van der Waals surface area contributed by atoms with E-state index in [4.69, 9.17) is 11.6 Å². The van der Waals surface area contributed by atoms with Gasteiger partial charge in [0.05, 0.1) is 16.4 Å². The van der Waals surface area contributed by atoms with E-state index in [2.05, 4.69) is 4.98 Å². The van der Waals surface area contributed by atoms with Crippen LogP contribution in [-0.2, 0) is 0 Å². The fraction of sp³-hybridized carbons (Fsp3) is 0.235. The monoisotopic (exact) mass is 302 g/mol. The average Bonchev–Trinajstić information content (AvgIpc) is 2.79. The predicted octanol–water partition coefficient (Wildman–Crippen LogP) is 5.08. The molecule has 2 nitrogen and oxygen atoms in total. The van der Waals surface area contributed by atoms with Crippen molar-refractivity contribution >= 4 is 22.6 Å².